The number of hydrogen-bond donors (Lipinski definition) is 1. The van der Waals surface area contributed by atoms with Crippen molar-refractivity contribution in [1.82, 2.24) is 10.3 Å². The van der Waals surface area contributed by atoms with Crippen LogP contribution >= 0.6 is 0 Å². The van der Waals surface area contributed by atoms with Crippen LogP contribution in [0.25, 0.3) is 0 Å². The summed E-state index contributed by atoms with van der Waals surface area (Å²) in [5, 5.41) is 2.59. The molecule has 22 heavy (non-hydrogen) atoms. The normalized spacial score (nSPS) is 11.5. The second-order valence-corrected chi connectivity index (χ2v) is 4.79. The van der Waals surface area contributed by atoms with Gasteiger partial charge in [0, 0.05) is 19.3 Å². The Balaban J connectivity index is 2.51. The van der Waals surface area contributed by atoms with Crippen LogP contribution in [0.3, 0.4) is 0 Å². The third kappa shape index (κ3) is 7.26. The van der Waals surface area contributed by atoms with E-state index in [-0.39, 0.29) is 17.5 Å². The molecule has 1 aromatic rings. The summed E-state index contributed by atoms with van der Waals surface area (Å²) in [5.41, 5.74) is -0.0310. The molecule has 0 bridgehead atoms. The molecule has 0 atom stereocenters. The molecule has 0 aliphatic rings. The standard InChI is InChI=1S/C14H19F3N2O3/c1-10(2)21-8-4-7-18-12(20)11-5-3-6-19-13(11)22-9-14(15,16)17/h3,5-6,10H,4,7-9H2,1-2H3,(H,18,20). The van der Waals surface area contributed by atoms with Crippen LogP contribution in [0.15, 0.2) is 18.3 Å². The number of pyridine rings is 1. The summed E-state index contributed by atoms with van der Waals surface area (Å²) in [6, 6.07) is 2.82. The molecular formula is C14H19F3N2O3. The fourth-order valence-electron chi connectivity index (χ4n) is 1.52. The Bertz CT molecular complexity index is 479. The molecule has 0 radical (unpaired) electrons. The third-order valence-corrected chi connectivity index (χ3v) is 2.45. The Labute approximate surface area is 126 Å². The minimum atomic E-state index is -4.49. The quantitative estimate of drug-likeness (QED) is 0.748. The van der Waals surface area contributed by atoms with Crippen LogP contribution in [0.2, 0.25) is 0 Å². The summed E-state index contributed by atoms with van der Waals surface area (Å²) in [4.78, 5) is 15.6. The molecule has 1 heterocycles. The lowest BCUT2D eigenvalue weighted by molar-refractivity contribution is -0.154. The SMILES string of the molecule is CC(C)OCCCNC(=O)c1cccnc1OCC(F)(F)F. The highest BCUT2D eigenvalue weighted by Crippen LogP contribution is 2.19. The molecular weight excluding hydrogens is 301 g/mol. The second kappa shape index (κ2) is 8.57. The number of nitrogens with one attached hydrogen (secondary N) is 1. The number of alkyl halides is 3. The van der Waals surface area contributed by atoms with E-state index in [2.05, 4.69) is 15.0 Å². The largest absolute Gasteiger partial charge is 0.467 e. The number of carbonyl (C=O) groups is 1. The van der Waals surface area contributed by atoms with Gasteiger partial charge in [0.2, 0.25) is 5.88 Å². The first-order valence-electron chi connectivity index (χ1n) is 6.84. The van der Waals surface area contributed by atoms with E-state index in [9.17, 15) is 18.0 Å². The van der Waals surface area contributed by atoms with Gasteiger partial charge in [-0.3, -0.25) is 4.79 Å². The molecule has 1 N–H and O–H groups in total. The van der Waals surface area contributed by atoms with Crippen molar-refractivity contribution < 1.29 is 27.4 Å². The van der Waals surface area contributed by atoms with Crippen molar-refractivity contribution in [2.45, 2.75) is 32.5 Å². The predicted octanol–water partition coefficient (Wildman–Crippen LogP) is 2.57. The van der Waals surface area contributed by atoms with Crippen LogP contribution in [-0.2, 0) is 4.74 Å². The van der Waals surface area contributed by atoms with Gasteiger partial charge in [0.1, 0.15) is 5.56 Å². The highest BCUT2D eigenvalue weighted by Gasteiger charge is 2.29. The number of halogens is 3. The Kier molecular flexibility index (Phi) is 7.10. The van der Waals surface area contributed by atoms with Crippen LogP contribution in [0.4, 0.5) is 13.2 Å². The van der Waals surface area contributed by atoms with E-state index in [1.807, 2.05) is 13.8 Å². The van der Waals surface area contributed by atoms with Gasteiger partial charge in [0.05, 0.1) is 6.10 Å². The van der Waals surface area contributed by atoms with E-state index in [0.717, 1.165) is 0 Å². The Morgan fingerprint density at radius 3 is 2.77 bits per heavy atom. The molecule has 0 saturated heterocycles. The number of amides is 1. The molecule has 1 aromatic heterocycles. The van der Waals surface area contributed by atoms with Gasteiger partial charge < -0.3 is 14.8 Å². The number of rotatable bonds is 8. The first-order chi connectivity index (χ1) is 10.3. The van der Waals surface area contributed by atoms with Gasteiger partial charge in [0.25, 0.3) is 5.91 Å². The van der Waals surface area contributed by atoms with Gasteiger partial charge in [-0.25, -0.2) is 4.98 Å². The summed E-state index contributed by atoms with van der Waals surface area (Å²) < 4.78 is 46.4. The average Bonchev–Trinajstić information content (AvgIpc) is 2.43. The number of aromatic nitrogens is 1. The zero-order chi connectivity index (χ0) is 16.6. The highest BCUT2D eigenvalue weighted by molar-refractivity contribution is 5.96. The first kappa shape index (κ1) is 18.2. The monoisotopic (exact) mass is 320 g/mol. The molecule has 0 aliphatic heterocycles. The van der Waals surface area contributed by atoms with Crippen LogP contribution in [0.5, 0.6) is 5.88 Å². The van der Waals surface area contributed by atoms with Crippen molar-refractivity contribution in [1.29, 1.82) is 0 Å². The number of nitrogens with zero attached hydrogens (tertiary/aromatic N) is 1. The van der Waals surface area contributed by atoms with Crippen molar-refractivity contribution in [2.75, 3.05) is 19.8 Å². The van der Waals surface area contributed by atoms with Crippen LogP contribution < -0.4 is 10.1 Å². The van der Waals surface area contributed by atoms with Gasteiger partial charge >= 0.3 is 6.18 Å². The minimum absolute atomic E-state index is 0.0310. The highest BCUT2D eigenvalue weighted by atomic mass is 19.4. The Hall–Kier alpha value is -1.83. The molecule has 0 aliphatic carbocycles. The van der Waals surface area contributed by atoms with Crippen molar-refractivity contribution in [2.24, 2.45) is 0 Å². The summed E-state index contributed by atoms with van der Waals surface area (Å²) >= 11 is 0. The van der Waals surface area contributed by atoms with Crippen LogP contribution in [0, 0.1) is 0 Å². The zero-order valence-corrected chi connectivity index (χ0v) is 12.4. The molecule has 0 spiro atoms. The summed E-state index contributed by atoms with van der Waals surface area (Å²) in [6.45, 7) is 3.14. The van der Waals surface area contributed by atoms with E-state index in [4.69, 9.17) is 4.74 Å². The number of carbonyl (C=O) groups excluding carboxylic acids is 1. The average molecular weight is 320 g/mol. The Morgan fingerprint density at radius 1 is 1.41 bits per heavy atom. The molecule has 8 heteroatoms. The van der Waals surface area contributed by atoms with Gasteiger partial charge in [-0.05, 0) is 32.4 Å². The topological polar surface area (TPSA) is 60.5 Å². The predicted molar refractivity (Wildman–Crippen MR) is 73.8 cm³/mol. The molecule has 1 rings (SSSR count). The van der Waals surface area contributed by atoms with E-state index < -0.39 is 18.7 Å². The third-order valence-electron chi connectivity index (χ3n) is 2.45. The lowest BCUT2D eigenvalue weighted by Crippen LogP contribution is -2.27. The molecule has 0 saturated carbocycles. The van der Waals surface area contributed by atoms with Crippen molar-refractivity contribution >= 4 is 5.91 Å². The van der Waals surface area contributed by atoms with Crippen molar-refractivity contribution in [3.63, 3.8) is 0 Å². The van der Waals surface area contributed by atoms with E-state index in [1.165, 1.54) is 18.3 Å². The first-order valence-corrected chi connectivity index (χ1v) is 6.84. The van der Waals surface area contributed by atoms with Gasteiger partial charge in [0.15, 0.2) is 6.61 Å². The zero-order valence-electron chi connectivity index (χ0n) is 12.4. The fourth-order valence-corrected chi connectivity index (χ4v) is 1.52. The van der Waals surface area contributed by atoms with Crippen LogP contribution in [0.1, 0.15) is 30.6 Å². The second-order valence-electron chi connectivity index (χ2n) is 4.79. The van der Waals surface area contributed by atoms with Gasteiger partial charge in [-0.15, -0.1) is 0 Å². The number of hydrogen-bond acceptors (Lipinski definition) is 4. The molecule has 0 unspecified atom stereocenters. The van der Waals surface area contributed by atoms with Crippen molar-refractivity contribution in [3.8, 4) is 5.88 Å². The van der Waals surface area contributed by atoms with Crippen molar-refractivity contribution in [3.05, 3.63) is 23.9 Å². The maximum atomic E-state index is 12.2. The molecule has 5 nitrogen and oxygen atoms in total. The van der Waals surface area contributed by atoms with E-state index in [1.54, 1.807) is 0 Å². The maximum absolute atomic E-state index is 12.2. The summed E-state index contributed by atoms with van der Waals surface area (Å²) in [6.07, 6.45) is -2.52. The molecule has 0 fully saturated rings. The lowest BCUT2D eigenvalue weighted by atomic mass is 10.2. The number of ether oxygens (including phenoxy) is 2. The van der Waals surface area contributed by atoms with Gasteiger partial charge in [-0.1, -0.05) is 0 Å². The smallest absolute Gasteiger partial charge is 0.422 e. The van der Waals surface area contributed by atoms with E-state index in [0.29, 0.717) is 19.6 Å². The van der Waals surface area contributed by atoms with Crippen LogP contribution in [-0.4, -0.2) is 42.9 Å². The summed E-state index contributed by atoms with van der Waals surface area (Å²) in [5.74, 6) is -0.870. The Morgan fingerprint density at radius 2 is 2.14 bits per heavy atom. The molecule has 124 valence electrons. The van der Waals surface area contributed by atoms with Gasteiger partial charge in [-0.2, -0.15) is 13.2 Å². The minimum Gasteiger partial charge on any atom is -0.467 e. The maximum Gasteiger partial charge on any atom is 0.422 e. The lowest BCUT2D eigenvalue weighted by Gasteiger charge is -2.12. The van der Waals surface area contributed by atoms with E-state index >= 15 is 0 Å². The molecule has 1 amide bonds. The molecule has 0 aromatic carbocycles. The fraction of sp³-hybridized carbons (Fsp3) is 0.571. The summed E-state index contributed by atoms with van der Waals surface area (Å²) in [7, 11) is 0.